The van der Waals surface area contributed by atoms with Crippen molar-refractivity contribution in [2.75, 3.05) is 20.8 Å². The molecule has 1 heterocycles. The van der Waals surface area contributed by atoms with Crippen LogP contribution >= 0.6 is 11.3 Å². The minimum atomic E-state index is -0.631. The Morgan fingerprint density at radius 2 is 1.91 bits per heavy atom. The molecule has 1 aromatic heterocycles. The molecule has 2 aromatic rings. The smallest absolute Gasteiger partial charge is 0.122 e. The summed E-state index contributed by atoms with van der Waals surface area (Å²) >= 11 is 1.67. The molecule has 6 heteroatoms. The maximum Gasteiger partial charge on any atom is 0.122 e. The number of methoxy groups -OCH3 is 2. The van der Waals surface area contributed by atoms with E-state index in [2.05, 4.69) is 17.2 Å². The number of rotatable bonds is 8. The largest absolute Gasteiger partial charge is 0.497 e. The molecule has 5 nitrogen and oxygen atoms in total. The van der Waals surface area contributed by atoms with Crippen LogP contribution < -0.4 is 14.8 Å². The molecule has 0 fully saturated rings. The molecule has 1 unspecified atom stereocenters. The molecule has 2 N–H and O–H groups in total. The third-order valence-electron chi connectivity index (χ3n) is 3.30. The number of aliphatic hydroxyl groups excluding tert-OH is 1. The molecule has 0 saturated heterocycles. The van der Waals surface area contributed by atoms with Crippen molar-refractivity contribution in [3.05, 3.63) is 39.8 Å². The van der Waals surface area contributed by atoms with Gasteiger partial charge in [0.1, 0.15) is 11.5 Å². The minimum Gasteiger partial charge on any atom is -0.497 e. The highest BCUT2D eigenvalue weighted by molar-refractivity contribution is 7.09. The van der Waals surface area contributed by atoms with Crippen molar-refractivity contribution in [1.82, 2.24) is 10.3 Å². The average Bonchev–Trinajstić information content (AvgIpc) is 3.02. The predicted molar refractivity (Wildman–Crippen MR) is 87.7 cm³/mol. The van der Waals surface area contributed by atoms with Crippen LogP contribution in [0.4, 0.5) is 0 Å². The first kappa shape index (κ1) is 16.7. The van der Waals surface area contributed by atoms with Crippen molar-refractivity contribution < 1.29 is 14.6 Å². The number of hydrogen-bond donors (Lipinski definition) is 2. The van der Waals surface area contributed by atoms with E-state index in [1.165, 1.54) is 0 Å². The predicted octanol–water partition coefficient (Wildman–Crippen LogP) is 2.55. The van der Waals surface area contributed by atoms with Gasteiger partial charge in [-0.15, -0.1) is 11.3 Å². The molecule has 0 bridgehead atoms. The lowest BCUT2D eigenvalue weighted by Crippen LogP contribution is -2.21. The summed E-state index contributed by atoms with van der Waals surface area (Å²) in [5, 5.41) is 16.7. The Balaban J connectivity index is 1.92. The van der Waals surface area contributed by atoms with Crippen molar-refractivity contribution in [2.45, 2.75) is 26.0 Å². The second-order valence-electron chi connectivity index (χ2n) is 4.88. The van der Waals surface area contributed by atoms with E-state index < -0.39 is 6.10 Å². The molecule has 0 amide bonds. The zero-order valence-corrected chi connectivity index (χ0v) is 13.9. The van der Waals surface area contributed by atoms with Gasteiger partial charge in [0.15, 0.2) is 0 Å². The van der Waals surface area contributed by atoms with Crippen molar-refractivity contribution in [3.63, 3.8) is 0 Å². The van der Waals surface area contributed by atoms with Crippen LogP contribution in [0.5, 0.6) is 11.5 Å². The van der Waals surface area contributed by atoms with E-state index >= 15 is 0 Å². The van der Waals surface area contributed by atoms with Crippen LogP contribution in [-0.2, 0) is 13.0 Å². The Morgan fingerprint density at radius 3 is 2.45 bits per heavy atom. The van der Waals surface area contributed by atoms with Crippen LogP contribution in [0.2, 0.25) is 0 Å². The Labute approximate surface area is 134 Å². The molecule has 0 aliphatic rings. The summed E-state index contributed by atoms with van der Waals surface area (Å²) in [4.78, 5) is 4.49. The van der Waals surface area contributed by atoms with Crippen LogP contribution in [0.25, 0.3) is 0 Å². The zero-order chi connectivity index (χ0) is 15.9. The van der Waals surface area contributed by atoms with Crippen LogP contribution in [0.15, 0.2) is 23.6 Å². The number of hydrogen-bond acceptors (Lipinski definition) is 6. The molecule has 0 spiro atoms. The molecule has 120 valence electrons. The number of benzene rings is 1. The van der Waals surface area contributed by atoms with Gasteiger partial charge in [-0.25, -0.2) is 4.98 Å². The molecule has 1 aromatic carbocycles. The first-order valence-corrected chi connectivity index (χ1v) is 8.09. The molecule has 2 rings (SSSR count). The lowest BCUT2D eigenvalue weighted by atomic mass is 10.1. The fourth-order valence-electron chi connectivity index (χ4n) is 2.07. The van der Waals surface area contributed by atoms with Gasteiger partial charge in [0, 0.05) is 24.5 Å². The standard InChI is InChI=1S/C16H22N2O3S/c1-4-16-18-12(10-22-16)8-17-9-15(19)11-5-13(20-2)7-14(6-11)21-3/h5-7,10,15,17,19H,4,8-9H2,1-3H3. The van der Waals surface area contributed by atoms with Crippen LogP contribution in [0.1, 0.15) is 29.3 Å². The van der Waals surface area contributed by atoms with E-state index in [0.717, 1.165) is 22.7 Å². The number of ether oxygens (including phenoxy) is 2. The number of nitrogens with one attached hydrogen (secondary N) is 1. The molecular weight excluding hydrogens is 300 g/mol. The number of thiazole rings is 1. The second kappa shape index (κ2) is 8.12. The van der Waals surface area contributed by atoms with E-state index in [1.807, 2.05) is 17.5 Å². The Hall–Kier alpha value is -1.63. The molecule has 0 radical (unpaired) electrons. The summed E-state index contributed by atoms with van der Waals surface area (Å²) in [5.41, 5.74) is 1.77. The molecular formula is C16H22N2O3S. The summed E-state index contributed by atoms with van der Waals surface area (Å²) in [6.07, 6.45) is 0.324. The van der Waals surface area contributed by atoms with Crippen molar-refractivity contribution in [1.29, 1.82) is 0 Å². The van der Waals surface area contributed by atoms with Crippen molar-refractivity contribution in [3.8, 4) is 11.5 Å². The monoisotopic (exact) mass is 322 g/mol. The maximum atomic E-state index is 10.3. The zero-order valence-electron chi connectivity index (χ0n) is 13.1. The van der Waals surface area contributed by atoms with Crippen LogP contribution in [0, 0.1) is 0 Å². The molecule has 0 aliphatic heterocycles. The van der Waals surface area contributed by atoms with Gasteiger partial charge in [0.25, 0.3) is 0 Å². The van der Waals surface area contributed by atoms with Gasteiger partial charge in [-0.05, 0) is 24.1 Å². The number of aliphatic hydroxyl groups is 1. The number of aromatic nitrogens is 1. The van der Waals surface area contributed by atoms with Crippen LogP contribution in [0.3, 0.4) is 0 Å². The van der Waals surface area contributed by atoms with Gasteiger partial charge in [0.2, 0.25) is 0 Å². The van der Waals surface area contributed by atoms with E-state index in [4.69, 9.17) is 9.47 Å². The number of nitrogens with zero attached hydrogens (tertiary/aromatic N) is 1. The van der Waals surface area contributed by atoms with Gasteiger partial charge in [-0.2, -0.15) is 0 Å². The van der Waals surface area contributed by atoms with E-state index in [9.17, 15) is 5.11 Å². The first-order valence-electron chi connectivity index (χ1n) is 7.21. The molecule has 22 heavy (non-hydrogen) atoms. The third-order valence-corrected chi connectivity index (χ3v) is 4.35. The topological polar surface area (TPSA) is 63.6 Å². The lowest BCUT2D eigenvalue weighted by molar-refractivity contribution is 0.173. The highest BCUT2D eigenvalue weighted by Gasteiger charge is 2.11. The Morgan fingerprint density at radius 1 is 1.23 bits per heavy atom. The van der Waals surface area contributed by atoms with Crippen molar-refractivity contribution >= 4 is 11.3 Å². The fraction of sp³-hybridized carbons (Fsp3) is 0.438. The highest BCUT2D eigenvalue weighted by atomic mass is 32.1. The fourth-order valence-corrected chi connectivity index (χ4v) is 2.81. The SMILES string of the molecule is CCc1nc(CNCC(O)c2cc(OC)cc(OC)c2)cs1. The third kappa shape index (κ3) is 4.43. The Bertz CT molecular complexity index is 579. The molecule has 1 atom stereocenters. The van der Waals surface area contributed by atoms with Gasteiger partial charge >= 0.3 is 0 Å². The second-order valence-corrected chi connectivity index (χ2v) is 5.82. The summed E-state index contributed by atoms with van der Waals surface area (Å²) in [6, 6.07) is 5.41. The first-order chi connectivity index (χ1) is 10.7. The summed E-state index contributed by atoms with van der Waals surface area (Å²) in [6.45, 7) is 3.18. The van der Waals surface area contributed by atoms with Gasteiger partial charge in [-0.3, -0.25) is 0 Å². The summed E-state index contributed by atoms with van der Waals surface area (Å²) in [7, 11) is 3.19. The lowest BCUT2D eigenvalue weighted by Gasteiger charge is -2.14. The van der Waals surface area contributed by atoms with Crippen LogP contribution in [-0.4, -0.2) is 30.9 Å². The molecule has 0 saturated carbocycles. The van der Waals surface area contributed by atoms with Crippen molar-refractivity contribution in [2.24, 2.45) is 0 Å². The van der Waals surface area contributed by atoms with Gasteiger partial charge in [-0.1, -0.05) is 6.92 Å². The maximum absolute atomic E-state index is 10.3. The van der Waals surface area contributed by atoms with E-state index in [1.54, 1.807) is 31.6 Å². The number of aryl methyl sites for hydroxylation is 1. The van der Waals surface area contributed by atoms with E-state index in [-0.39, 0.29) is 0 Å². The quantitative estimate of drug-likeness (QED) is 0.782. The minimum absolute atomic E-state index is 0.440. The van der Waals surface area contributed by atoms with Gasteiger partial charge < -0.3 is 19.9 Å². The summed E-state index contributed by atoms with van der Waals surface area (Å²) in [5.74, 6) is 1.33. The van der Waals surface area contributed by atoms with Gasteiger partial charge in [0.05, 0.1) is 31.0 Å². The normalized spacial score (nSPS) is 12.2. The highest BCUT2D eigenvalue weighted by Crippen LogP contribution is 2.26. The molecule has 0 aliphatic carbocycles. The summed E-state index contributed by atoms with van der Waals surface area (Å²) < 4.78 is 10.4. The van der Waals surface area contributed by atoms with E-state index in [0.29, 0.717) is 24.6 Å². The Kier molecular flexibility index (Phi) is 6.18. The average molecular weight is 322 g/mol.